The fourth-order valence-electron chi connectivity index (χ4n) is 5.05. The molecule has 0 bridgehead atoms. The number of hydrogen-bond donors (Lipinski definition) is 0. The second-order valence-corrected chi connectivity index (χ2v) is 11.5. The monoisotopic (exact) mass is 619 g/mol. The third kappa shape index (κ3) is 7.82. The zero-order valence-corrected chi connectivity index (χ0v) is 25.8. The Morgan fingerprint density at radius 1 is 1.00 bits per heavy atom. The number of carbonyl (C=O) groups excluding carboxylic acids is 1. The third-order valence-electron chi connectivity index (χ3n) is 7.37. The van der Waals surface area contributed by atoms with Crippen LogP contribution in [0.4, 0.5) is 5.69 Å². The number of rotatable bonds is 16. The number of hydrogen-bond acceptors (Lipinski definition) is 9. The van der Waals surface area contributed by atoms with E-state index in [1.165, 1.54) is 11.8 Å². The summed E-state index contributed by atoms with van der Waals surface area (Å²) in [6.07, 6.45) is 2.24. The van der Waals surface area contributed by atoms with Gasteiger partial charge in [-0.1, -0.05) is 17.2 Å². The molecule has 2 aliphatic rings. The Labute approximate surface area is 261 Å². The lowest BCUT2D eigenvalue weighted by Crippen LogP contribution is -2.38. The topological polar surface area (TPSA) is 118 Å². The summed E-state index contributed by atoms with van der Waals surface area (Å²) in [5.74, 6) is 3.54. The third-order valence-corrected chi connectivity index (χ3v) is 8.66. The van der Waals surface area contributed by atoms with Crippen LogP contribution in [0.1, 0.15) is 30.1 Å². The summed E-state index contributed by atoms with van der Waals surface area (Å²) in [5.41, 5.74) is 10.3. The molecule has 11 nitrogen and oxygen atoms in total. The van der Waals surface area contributed by atoms with E-state index in [1.54, 1.807) is 7.11 Å². The molecule has 232 valence electrons. The zero-order valence-electron chi connectivity index (χ0n) is 25.0. The number of azide groups is 1. The van der Waals surface area contributed by atoms with E-state index < -0.39 is 5.25 Å². The Kier molecular flexibility index (Phi) is 11.0. The zero-order chi connectivity index (χ0) is 30.7. The Hall–Kier alpha value is -4.25. The van der Waals surface area contributed by atoms with Crippen molar-refractivity contribution in [1.29, 1.82) is 0 Å². The van der Waals surface area contributed by atoms with E-state index in [1.807, 2.05) is 65.6 Å². The lowest BCUT2D eigenvalue weighted by atomic mass is 10.1. The van der Waals surface area contributed by atoms with Gasteiger partial charge in [0.05, 0.1) is 19.4 Å². The van der Waals surface area contributed by atoms with E-state index in [4.69, 9.17) is 29.2 Å². The largest absolute Gasteiger partial charge is 0.497 e. The standard InChI is InChI=1S/C32H37N5O6S/c1-36(17-19-40-24-11-13-28-29(21-24)43-22-42-28)15-7-18-41-27-12-10-23(39-2)20-25(27)31-32(38)37(16-6-5-14-34-35-33)26-8-3-4-9-30(26)44-31/h3-4,8-13,20-21,31H,5-7,14-19,22H2,1-2H3/t31-/m1/s1. The van der Waals surface area contributed by atoms with E-state index in [0.29, 0.717) is 50.0 Å². The number of amides is 1. The van der Waals surface area contributed by atoms with Crippen LogP contribution < -0.4 is 28.6 Å². The first-order valence-corrected chi connectivity index (χ1v) is 15.5. The van der Waals surface area contributed by atoms with Crippen LogP contribution in [-0.4, -0.2) is 71.2 Å². The fraction of sp³-hybridized carbons (Fsp3) is 0.406. The summed E-state index contributed by atoms with van der Waals surface area (Å²) in [7, 11) is 3.67. The van der Waals surface area contributed by atoms with Gasteiger partial charge in [-0.15, -0.1) is 11.8 Å². The van der Waals surface area contributed by atoms with Crippen LogP contribution in [-0.2, 0) is 4.79 Å². The molecule has 5 rings (SSSR count). The summed E-state index contributed by atoms with van der Waals surface area (Å²) in [6, 6.07) is 19.2. The molecular weight excluding hydrogens is 582 g/mol. The number of fused-ring (bicyclic) bond motifs is 2. The van der Waals surface area contributed by atoms with Crippen LogP contribution in [0.25, 0.3) is 10.4 Å². The highest BCUT2D eigenvalue weighted by Gasteiger charge is 2.36. The van der Waals surface area contributed by atoms with Crippen molar-refractivity contribution in [2.45, 2.75) is 29.4 Å². The maximum atomic E-state index is 13.9. The Morgan fingerprint density at radius 3 is 2.70 bits per heavy atom. The van der Waals surface area contributed by atoms with Gasteiger partial charge in [-0.3, -0.25) is 4.79 Å². The van der Waals surface area contributed by atoms with Gasteiger partial charge in [0.2, 0.25) is 12.7 Å². The summed E-state index contributed by atoms with van der Waals surface area (Å²) in [5, 5.41) is 3.14. The molecule has 0 saturated heterocycles. The van der Waals surface area contributed by atoms with E-state index in [9.17, 15) is 4.79 Å². The minimum atomic E-state index is -0.483. The average Bonchev–Trinajstić information content (AvgIpc) is 3.52. The Morgan fingerprint density at radius 2 is 1.84 bits per heavy atom. The molecule has 0 spiro atoms. The predicted molar refractivity (Wildman–Crippen MR) is 169 cm³/mol. The second-order valence-electron chi connectivity index (χ2n) is 10.4. The number of nitrogens with zero attached hydrogens (tertiary/aromatic N) is 5. The normalized spacial score (nSPS) is 15.1. The number of anilines is 1. The molecule has 2 aliphatic heterocycles. The molecular formula is C32H37N5O6S. The number of ether oxygens (including phenoxy) is 5. The van der Waals surface area contributed by atoms with E-state index in [-0.39, 0.29) is 12.7 Å². The molecule has 1 amide bonds. The van der Waals surface area contributed by atoms with Gasteiger partial charge in [-0.2, -0.15) is 0 Å². The molecule has 0 saturated carbocycles. The number of thioether (sulfide) groups is 1. The first kappa shape index (κ1) is 31.2. The smallest absolute Gasteiger partial charge is 0.245 e. The van der Waals surface area contributed by atoms with Crippen LogP contribution in [0.15, 0.2) is 70.7 Å². The van der Waals surface area contributed by atoms with Crippen LogP contribution in [0.2, 0.25) is 0 Å². The number of methoxy groups -OCH3 is 1. The Balaban J connectivity index is 1.17. The number of likely N-dealkylation sites (N-methyl/N-ethyl adjacent to an activating group) is 1. The summed E-state index contributed by atoms with van der Waals surface area (Å²) < 4.78 is 28.5. The summed E-state index contributed by atoms with van der Waals surface area (Å²) in [4.78, 5) is 21.8. The first-order valence-electron chi connectivity index (χ1n) is 14.7. The highest BCUT2D eigenvalue weighted by molar-refractivity contribution is 8.00. The molecule has 3 aromatic carbocycles. The molecule has 3 aromatic rings. The van der Waals surface area contributed by atoms with Gasteiger partial charge in [-0.05, 0) is 74.3 Å². The van der Waals surface area contributed by atoms with Crippen molar-refractivity contribution in [1.82, 2.24) is 4.90 Å². The van der Waals surface area contributed by atoms with Crippen molar-refractivity contribution in [2.24, 2.45) is 5.11 Å². The predicted octanol–water partition coefficient (Wildman–Crippen LogP) is 6.47. The highest BCUT2D eigenvalue weighted by Crippen LogP contribution is 2.49. The van der Waals surface area contributed by atoms with Gasteiger partial charge in [0.25, 0.3) is 0 Å². The van der Waals surface area contributed by atoms with Crippen LogP contribution in [0, 0.1) is 0 Å². The number of unbranched alkanes of at least 4 members (excludes halogenated alkanes) is 1. The summed E-state index contributed by atoms with van der Waals surface area (Å²) >= 11 is 1.53. The molecule has 0 fully saturated rings. The molecule has 0 N–H and O–H groups in total. The highest BCUT2D eigenvalue weighted by atomic mass is 32.2. The SMILES string of the molecule is COc1ccc(OCCCN(C)CCOc2ccc3c(c2)OCO3)c([C@H]2Sc3ccccc3N(CCCCN=[N+]=[N-])C2=O)c1. The first-order chi connectivity index (χ1) is 21.6. The number of benzene rings is 3. The van der Waals surface area contributed by atoms with Crippen molar-refractivity contribution in [3.05, 3.63) is 76.7 Å². The maximum absolute atomic E-state index is 13.9. The summed E-state index contributed by atoms with van der Waals surface area (Å²) in [6.45, 7) is 3.82. The van der Waals surface area contributed by atoms with Crippen molar-refractivity contribution < 1.29 is 28.5 Å². The van der Waals surface area contributed by atoms with Gasteiger partial charge in [0.1, 0.15) is 29.1 Å². The van der Waals surface area contributed by atoms with E-state index in [2.05, 4.69) is 22.0 Å². The maximum Gasteiger partial charge on any atom is 0.245 e. The molecule has 12 heteroatoms. The molecule has 44 heavy (non-hydrogen) atoms. The van der Waals surface area contributed by atoms with Gasteiger partial charge >= 0.3 is 0 Å². The quantitative estimate of drug-likeness (QED) is 0.0774. The van der Waals surface area contributed by atoms with E-state index >= 15 is 0 Å². The van der Waals surface area contributed by atoms with Crippen molar-refractivity contribution in [2.75, 3.05) is 65.2 Å². The molecule has 2 heterocycles. The van der Waals surface area contributed by atoms with Gasteiger partial charge in [0, 0.05) is 47.6 Å². The minimum absolute atomic E-state index is 0.00206. The molecule has 0 unspecified atom stereocenters. The molecule has 1 atom stereocenters. The second kappa shape index (κ2) is 15.5. The molecule has 0 radical (unpaired) electrons. The van der Waals surface area contributed by atoms with Crippen LogP contribution in [0.3, 0.4) is 0 Å². The van der Waals surface area contributed by atoms with Crippen LogP contribution >= 0.6 is 11.8 Å². The molecule has 0 aliphatic carbocycles. The van der Waals surface area contributed by atoms with Gasteiger partial charge in [0.15, 0.2) is 11.5 Å². The van der Waals surface area contributed by atoms with Gasteiger partial charge in [-0.25, -0.2) is 0 Å². The van der Waals surface area contributed by atoms with Crippen molar-refractivity contribution >= 4 is 23.4 Å². The number of carbonyl (C=O) groups is 1. The lowest BCUT2D eigenvalue weighted by molar-refractivity contribution is -0.118. The fourth-order valence-corrected chi connectivity index (χ4v) is 6.30. The van der Waals surface area contributed by atoms with E-state index in [0.717, 1.165) is 53.6 Å². The minimum Gasteiger partial charge on any atom is -0.497 e. The van der Waals surface area contributed by atoms with Crippen molar-refractivity contribution in [3.63, 3.8) is 0 Å². The van der Waals surface area contributed by atoms with Gasteiger partial charge < -0.3 is 33.5 Å². The average molecular weight is 620 g/mol. The van der Waals surface area contributed by atoms with Crippen LogP contribution in [0.5, 0.6) is 28.7 Å². The van der Waals surface area contributed by atoms with Crippen molar-refractivity contribution in [3.8, 4) is 28.7 Å². The lowest BCUT2D eigenvalue weighted by Gasteiger charge is -2.34. The number of para-hydroxylation sites is 1. The molecule has 0 aromatic heterocycles. The Bertz CT molecular complexity index is 1480.